The molecule has 9 heteroatoms. The van der Waals surface area contributed by atoms with Crippen LogP contribution in [0.15, 0.2) is 24.3 Å². The fourth-order valence-corrected chi connectivity index (χ4v) is 5.20. The van der Waals surface area contributed by atoms with Crippen molar-refractivity contribution in [2.75, 3.05) is 32.8 Å². The van der Waals surface area contributed by atoms with Gasteiger partial charge in [-0.05, 0) is 58.2 Å². The fraction of sp³-hybridized carbons (Fsp3) is 0.667. The minimum Gasteiger partial charge on any atom is -0.466 e. The molecule has 1 aliphatic heterocycles. The lowest BCUT2D eigenvalue weighted by Crippen LogP contribution is -2.58. The fourth-order valence-electron chi connectivity index (χ4n) is 5.07. The van der Waals surface area contributed by atoms with Crippen molar-refractivity contribution in [3.05, 3.63) is 34.9 Å². The van der Waals surface area contributed by atoms with E-state index in [0.29, 0.717) is 44.2 Å². The highest BCUT2D eigenvalue weighted by Gasteiger charge is 2.38. The third kappa shape index (κ3) is 8.10. The summed E-state index contributed by atoms with van der Waals surface area (Å²) in [4.78, 5) is 42.8. The van der Waals surface area contributed by atoms with Crippen molar-refractivity contribution in [2.45, 2.75) is 77.5 Å². The van der Waals surface area contributed by atoms with Gasteiger partial charge in [0.15, 0.2) is 0 Å². The van der Waals surface area contributed by atoms with Crippen molar-refractivity contribution < 1.29 is 23.9 Å². The van der Waals surface area contributed by atoms with Gasteiger partial charge in [-0.15, -0.1) is 0 Å². The Morgan fingerprint density at radius 1 is 1.06 bits per heavy atom. The highest BCUT2D eigenvalue weighted by molar-refractivity contribution is 6.30. The van der Waals surface area contributed by atoms with E-state index >= 15 is 0 Å². The first-order valence-corrected chi connectivity index (χ1v) is 13.4. The van der Waals surface area contributed by atoms with Crippen molar-refractivity contribution in [2.24, 2.45) is 5.92 Å². The molecule has 1 saturated carbocycles. The van der Waals surface area contributed by atoms with Gasteiger partial charge in [0.2, 0.25) is 5.91 Å². The Balaban J connectivity index is 1.65. The van der Waals surface area contributed by atoms with E-state index in [-0.39, 0.29) is 23.8 Å². The van der Waals surface area contributed by atoms with Gasteiger partial charge in [-0.1, -0.05) is 36.6 Å². The van der Waals surface area contributed by atoms with Gasteiger partial charge >= 0.3 is 12.1 Å². The van der Waals surface area contributed by atoms with E-state index in [2.05, 4.69) is 10.2 Å². The molecule has 0 bridgehead atoms. The first-order valence-electron chi connectivity index (χ1n) is 13.0. The van der Waals surface area contributed by atoms with Crippen LogP contribution in [0.5, 0.6) is 0 Å². The number of carbonyl (C=O) groups is 3. The van der Waals surface area contributed by atoms with Crippen LogP contribution in [0.3, 0.4) is 0 Å². The van der Waals surface area contributed by atoms with Gasteiger partial charge in [0.1, 0.15) is 11.6 Å². The number of hydrogen-bond donors (Lipinski definition) is 1. The van der Waals surface area contributed by atoms with Crippen LogP contribution < -0.4 is 5.32 Å². The van der Waals surface area contributed by atoms with Gasteiger partial charge in [0.25, 0.3) is 0 Å². The third-order valence-electron chi connectivity index (χ3n) is 6.76. The minimum atomic E-state index is -0.755. The molecule has 8 nitrogen and oxygen atoms in total. The number of rotatable bonds is 7. The average molecular weight is 522 g/mol. The standard InChI is InChI=1S/C27H40ClN3O5/c1-5-35-25(33)21-8-6-7-9-23(21)30-14-16-31(17-15-30)24(32)22(29-26(34)36-27(2,3)4)18-19-10-12-20(28)13-11-19/h10-13,21-23H,5-9,14-18H2,1-4H3,(H,29,34)/t21-,22?,23-/m1/s1. The Morgan fingerprint density at radius 2 is 1.69 bits per heavy atom. The SMILES string of the molecule is CCOC(=O)[C@@H]1CCCC[C@H]1N1CCN(C(=O)C(Cc2ccc(Cl)cc2)NC(=O)OC(C)(C)C)CC1. The molecule has 1 saturated heterocycles. The number of benzene rings is 1. The molecule has 1 aliphatic carbocycles. The maximum Gasteiger partial charge on any atom is 0.408 e. The van der Waals surface area contributed by atoms with Crippen LogP contribution in [-0.4, -0.2) is 78.2 Å². The minimum absolute atomic E-state index is 0.104. The lowest BCUT2D eigenvalue weighted by molar-refractivity contribution is -0.153. The molecule has 0 radical (unpaired) electrons. The number of nitrogens with zero attached hydrogens (tertiary/aromatic N) is 2. The summed E-state index contributed by atoms with van der Waals surface area (Å²) in [5.41, 5.74) is 0.228. The maximum atomic E-state index is 13.5. The monoisotopic (exact) mass is 521 g/mol. The Morgan fingerprint density at radius 3 is 2.31 bits per heavy atom. The molecular weight excluding hydrogens is 482 g/mol. The van der Waals surface area contributed by atoms with E-state index in [1.165, 1.54) is 0 Å². The lowest BCUT2D eigenvalue weighted by Gasteiger charge is -2.44. The molecule has 1 N–H and O–H groups in total. The van der Waals surface area contributed by atoms with Gasteiger partial charge in [-0.2, -0.15) is 0 Å². The van der Waals surface area contributed by atoms with Crippen LogP contribution >= 0.6 is 11.6 Å². The molecule has 3 rings (SSSR count). The molecule has 3 atom stereocenters. The van der Waals surface area contributed by atoms with E-state index in [1.54, 1.807) is 37.8 Å². The molecule has 200 valence electrons. The number of carbonyl (C=O) groups excluding carboxylic acids is 3. The number of hydrogen-bond acceptors (Lipinski definition) is 6. The van der Waals surface area contributed by atoms with Gasteiger partial charge in [0, 0.05) is 43.7 Å². The van der Waals surface area contributed by atoms with Crippen LogP contribution in [0.4, 0.5) is 4.79 Å². The number of halogens is 1. The molecule has 0 aromatic heterocycles. The van der Waals surface area contributed by atoms with Gasteiger partial charge in [-0.3, -0.25) is 14.5 Å². The Labute approximate surface area is 219 Å². The summed E-state index contributed by atoms with van der Waals surface area (Å²) < 4.78 is 10.8. The second-order valence-electron chi connectivity index (χ2n) is 10.6. The Bertz CT molecular complexity index is 894. The number of nitrogens with one attached hydrogen (secondary N) is 1. The number of piperazine rings is 1. The van der Waals surface area contributed by atoms with E-state index < -0.39 is 17.7 Å². The van der Waals surface area contributed by atoms with E-state index in [0.717, 1.165) is 31.2 Å². The quantitative estimate of drug-likeness (QED) is 0.545. The molecule has 1 heterocycles. The van der Waals surface area contributed by atoms with Crippen LogP contribution in [0.25, 0.3) is 0 Å². The highest BCUT2D eigenvalue weighted by atomic mass is 35.5. The summed E-state index contributed by atoms with van der Waals surface area (Å²) in [5.74, 6) is -0.348. The largest absolute Gasteiger partial charge is 0.466 e. The topological polar surface area (TPSA) is 88.2 Å². The summed E-state index contributed by atoms with van der Waals surface area (Å²) in [6.45, 7) is 10.1. The zero-order valence-electron chi connectivity index (χ0n) is 21.9. The molecule has 1 unspecified atom stereocenters. The van der Waals surface area contributed by atoms with Gasteiger partial charge in [-0.25, -0.2) is 4.79 Å². The third-order valence-corrected chi connectivity index (χ3v) is 7.01. The first kappa shape index (κ1) is 28.3. The normalized spacial score (nSPS) is 22.0. The first-order chi connectivity index (χ1) is 17.1. The summed E-state index contributed by atoms with van der Waals surface area (Å²) in [6, 6.07) is 6.66. The second-order valence-corrected chi connectivity index (χ2v) is 11.0. The molecule has 1 aromatic carbocycles. The highest BCUT2D eigenvalue weighted by Crippen LogP contribution is 2.30. The van der Waals surface area contributed by atoms with Gasteiger partial charge in [0.05, 0.1) is 12.5 Å². The summed E-state index contributed by atoms with van der Waals surface area (Å²) in [7, 11) is 0. The van der Waals surface area contributed by atoms with Crippen LogP contribution in [0.1, 0.15) is 58.9 Å². The summed E-state index contributed by atoms with van der Waals surface area (Å²) in [6.07, 6.45) is 3.68. The van der Waals surface area contributed by atoms with Crippen molar-refractivity contribution in [3.63, 3.8) is 0 Å². The van der Waals surface area contributed by atoms with Crippen LogP contribution in [0.2, 0.25) is 5.02 Å². The zero-order chi connectivity index (χ0) is 26.3. The zero-order valence-corrected chi connectivity index (χ0v) is 22.7. The number of ether oxygens (including phenoxy) is 2. The molecule has 2 aliphatic rings. The smallest absolute Gasteiger partial charge is 0.408 e. The van der Waals surface area contributed by atoms with Crippen molar-refractivity contribution in [1.29, 1.82) is 0 Å². The van der Waals surface area contributed by atoms with Gasteiger partial charge < -0.3 is 19.7 Å². The second kappa shape index (κ2) is 12.8. The van der Waals surface area contributed by atoms with E-state index in [4.69, 9.17) is 21.1 Å². The molecule has 2 fully saturated rings. The number of esters is 1. The van der Waals surface area contributed by atoms with Crippen LogP contribution in [-0.2, 0) is 25.5 Å². The number of amides is 2. The molecule has 36 heavy (non-hydrogen) atoms. The van der Waals surface area contributed by atoms with Crippen molar-refractivity contribution in [3.8, 4) is 0 Å². The van der Waals surface area contributed by atoms with Crippen molar-refractivity contribution >= 4 is 29.6 Å². The van der Waals surface area contributed by atoms with Crippen molar-refractivity contribution in [1.82, 2.24) is 15.1 Å². The lowest BCUT2D eigenvalue weighted by atomic mass is 9.83. The van der Waals surface area contributed by atoms with Crippen LogP contribution in [0, 0.1) is 5.92 Å². The Kier molecular flexibility index (Phi) is 10.0. The average Bonchev–Trinajstić information content (AvgIpc) is 2.83. The number of alkyl carbamates (subject to hydrolysis) is 1. The molecular formula is C27H40ClN3O5. The molecule has 1 aromatic rings. The summed E-state index contributed by atoms with van der Waals surface area (Å²) >= 11 is 6.02. The van der Waals surface area contributed by atoms with E-state index in [1.807, 2.05) is 19.1 Å². The van der Waals surface area contributed by atoms with E-state index in [9.17, 15) is 14.4 Å². The molecule has 0 spiro atoms. The maximum absolute atomic E-state index is 13.5. The predicted molar refractivity (Wildman–Crippen MR) is 139 cm³/mol. The molecule has 2 amide bonds. The Hall–Kier alpha value is -2.32. The predicted octanol–water partition coefficient (Wildman–Crippen LogP) is 4.04. The summed E-state index contributed by atoms with van der Waals surface area (Å²) in [5, 5.41) is 3.40.